The van der Waals surface area contributed by atoms with Gasteiger partial charge in [-0.3, -0.25) is 9.59 Å². The van der Waals surface area contributed by atoms with Crippen LogP contribution in [0.3, 0.4) is 0 Å². The highest BCUT2D eigenvalue weighted by Gasteiger charge is 2.12. The molecule has 0 aromatic heterocycles. The summed E-state index contributed by atoms with van der Waals surface area (Å²) in [5.74, 6) is -2.54. The minimum Gasteiger partial charge on any atom is -0.463 e. The molecule has 1 rings (SSSR count). The molecule has 0 heterocycles. The smallest absolute Gasteiger partial charge is 0.331 e. The molecule has 0 amide bonds. The fraction of sp³-hybridized carbons (Fsp3) is 0.368. The first-order valence-corrected chi connectivity index (χ1v) is 9.20. The average Bonchev–Trinajstić information content (AvgIpc) is 2.62. The molecule has 0 aliphatic rings. The van der Waals surface area contributed by atoms with Crippen molar-refractivity contribution >= 4 is 39.8 Å². The highest BCUT2D eigenvalue weighted by Crippen LogP contribution is 2.16. The lowest BCUT2D eigenvalue weighted by molar-refractivity contribution is -0.159. The lowest BCUT2D eigenvalue weighted by Crippen LogP contribution is -2.14. The number of rotatable bonds is 10. The number of ether oxygens (including phenoxy) is 3. The molecule has 27 heavy (non-hydrogen) atoms. The van der Waals surface area contributed by atoms with Crippen LogP contribution in [0.15, 0.2) is 40.9 Å². The Kier molecular flexibility index (Phi) is 10.7. The Labute approximate surface area is 165 Å². The number of hydrogen-bond donors (Lipinski definition) is 0. The molecule has 0 aliphatic heterocycles. The number of esters is 4. The summed E-state index contributed by atoms with van der Waals surface area (Å²) in [6.07, 6.45) is 2.82. The van der Waals surface area contributed by atoms with E-state index in [0.717, 1.165) is 22.2 Å². The van der Waals surface area contributed by atoms with Crippen molar-refractivity contribution in [3.63, 3.8) is 0 Å². The molecule has 0 saturated heterocycles. The van der Waals surface area contributed by atoms with Gasteiger partial charge < -0.3 is 14.2 Å². The first-order chi connectivity index (χ1) is 12.9. The zero-order valence-corrected chi connectivity index (χ0v) is 16.5. The van der Waals surface area contributed by atoms with Gasteiger partial charge in [0.05, 0.1) is 19.6 Å². The van der Waals surface area contributed by atoms with Crippen molar-refractivity contribution in [2.75, 3.05) is 13.2 Å². The monoisotopic (exact) mass is 440 g/mol. The predicted molar refractivity (Wildman–Crippen MR) is 99.5 cm³/mol. The molecule has 7 nitrogen and oxygen atoms in total. The molecule has 146 valence electrons. The van der Waals surface area contributed by atoms with E-state index in [9.17, 15) is 19.2 Å². The number of benzene rings is 1. The quantitative estimate of drug-likeness (QED) is 0.181. The van der Waals surface area contributed by atoms with Crippen LogP contribution >= 0.6 is 15.9 Å². The van der Waals surface area contributed by atoms with Gasteiger partial charge in [-0.1, -0.05) is 34.1 Å². The number of halogens is 1. The van der Waals surface area contributed by atoms with Gasteiger partial charge in [-0.2, -0.15) is 0 Å². The molecule has 0 unspecified atom stereocenters. The first-order valence-electron chi connectivity index (χ1n) is 8.41. The van der Waals surface area contributed by atoms with E-state index < -0.39 is 23.9 Å². The van der Waals surface area contributed by atoms with Crippen molar-refractivity contribution in [1.82, 2.24) is 0 Å². The molecule has 8 heteroatoms. The van der Waals surface area contributed by atoms with Crippen molar-refractivity contribution in [3.8, 4) is 0 Å². The molecule has 0 radical (unpaired) electrons. The van der Waals surface area contributed by atoms with Crippen LogP contribution < -0.4 is 0 Å². The van der Waals surface area contributed by atoms with Gasteiger partial charge in [-0.05, 0) is 31.4 Å². The third-order valence-electron chi connectivity index (χ3n) is 3.18. The van der Waals surface area contributed by atoms with Gasteiger partial charge in [0.25, 0.3) is 0 Å². The zero-order chi connectivity index (χ0) is 20.1. The Morgan fingerprint density at radius 2 is 1.63 bits per heavy atom. The standard InChI is InChI=1S/C19H21BrO7/c1-2-25-16(21)10-11-17(22)26-12-6-5-9-18(23)27-19(24)13-14-7-3-4-8-15(14)20/h3-4,7-8,10-11H,2,5-6,9,12-13H2,1H3/b11-10-. The minimum absolute atomic E-state index is 0.00240. The maximum Gasteiger partial charge on any atom is 0.331 e. The predicted octanol–water partition coefficient (Wildman–Crippen LogP) is 2.89. The molecule has 0 bridgehead atoms. The van der Waals surface area contributed by atoms with E-state index in [1.54, 1.807) is 25.1 Å². The minimum atomic E-state index is -0.672. The molecule has 1 aromatic rings. The third kappa shape index (κ3) is 10.3. The molecule has 1 aromatic carbocycles. The Morgan fingerprint density at radius 3 is 2.30 bits per heavy atom. The van der Waals surface area contributed by atoms with Gasteiger partial charge >= 0.3 is 23.9 Å². The van der Waals surface area contributed by atoms with Crippen LogP contribution in [0.2, 0.25) is 0 Å². The second kappa shape index (κ2) is 12.8. The van der Waals surface area contributed by atoms with Gasteiger partial charge in [-0.15, -0.1) is 0 Å². The molecular weight excluding hydrogens is 420 g/mol. The summed E-state index contributed by atoms with van der Waals surface area (Å²) in [6.45, 7) is 1.97. The summed E-state index contributed by atoms with van der Waals surface area (Å²) in [6, 6.07) is 7.18. The van der Waals surface area contributed by atoms with Crippen LogP contribution in [0.25, 0.3) is 0 Å². The van der Waals surface area contributed by atoms with E-state index in [1.807, 2.05) is 6.07 Å². The Balaban J connectivity index is 2.16. The normalized spacial score (nSPS) is 10.4. The molecule has 0 spiro atoms. The topological polar surface area (TPSA) is 96.0 Å². The number of hydrogen-bond acceptors (Lipinski definition) is 7. The largest absolute Gasteiger partial charge is 0.463 e. The molecule has 0 N–H and O–H groups in total. The van der Waals surface area contributed by atoms with Gasteiger partial charge in [0.1, 0.15) is 0 Å². The van der Waals surface area contributed by atoms with Crippen LogP contribution in [-0.2, 0) is 39.8 Å². The Bertz CT molecular complexity index is 697. The highest BCUT2D eigenvalue weighted by molar-refractivity contribution is 9.10. The fourth-order valence-corrected chi connectivity index (χ4v) is 2.36. The maximum absolute atomic E-state index is 11.7. The SMILES string of the molecule is CCOC(=O)/C=C\C(=O)OCCCCC(=O)OC(=O)Cc1ccccc1Br. The summed E-state index contributed by atoms with van der Waals surface area (Å²) in [4.78, 5) is 45.7. The highest BCUT2D eigenvalue weighted by atomic mass is 79.9. The van der Waals surface area contributed by atoms with E-state index in [-0.39, 0.29) is 26.1 Å². The zero-order valence-electron chi connectivity index (χ0n) is 14.9. The fourth-order valence-electron chi connectivity index (χ4n) is 1.93. The maximum atomic E-state index is 11.7. The van der Waals surface area contributed by atoms with E-state index in [1.165, 1.54) is 0 Å². The van der Waals surface area contributed by atoms with Gasteiger partial charge in [-0.25, -0.2) is 9.59 Å². The summed E-state index contributed by atoms with van der Waals surface area (Å²) in [5, 5.41) is 0. The summed E-state index contributed by atoms with van der Waals surface area (Å²) < 4.78 is 15.0. The first kappa shape index (κ1) is 22.6. The van der Waals surface area contributed by atoms with Crippen molar-refractivity contribution in [3.05, 3.63) is 46.5 Å². The van der Waals surface area contributed by atoms with Crippen molar-refractivity contribution in [2.24, 2.45) is 0 Å². The van der Waals surface area contributed by atoms with Gasteiger partial charge in [0.2, 0.25) is 0 Å². The molecule has 0 atom stereocenters. The Morgan fingerprint density at radius 1 is 0.963 bits per heavy atom. The third-order valence-corrected chi connectivity index (χ3v) is 3.96. The summed E-state index contributed by atoms with van der Waals surface area (Å²) in [7, 11) is 0. The van der Waals surface area contributed by atoms with Crippen LogP contribution in [0.4, 0.5) is 0 Å². The molecule has 0 fully saturated rings. The lowest BCUT2D eigenvalue weighted by Gasteiger charge is -2.05. The van der Waals surface area contributed by atoms with Gasteiger partial charge in [0, 0.05) is 23.0 Å². The second-order valence-electron chi connectivity index (χ2n) is 5.32. The van der Waals surface area contributed by atoms with Crippen LogP contribution in [0.1, 0.15) is 31.7 Å². The lowest BCUT2D eigenvalue weighted by atomic mass is 10.1. The molecule has 0 saturated carbocycles. The number of carbonyl (C=O) groups is 4. The van der Waals surface area contributed by atoms with E-state index >= 15 is 0 Å². The molecule has 0 aliphatic carbocycles. The summed E-state index contributed by atoms with van der Waals surface area (Å²) >= 11 is 3.32. The van der Waals surface area contributed by atoms with Crippen molar-refractivity contribution < 1.29 is 33.4 Å². The number of unbranched alkanes of at least 4 members (excludes halogenated alkanes) is 1. The summed E-state index contributed by atoms with van der Waals surface area (Å²) in [5.41, 5.74) is 0.734. The van der Waals surface area contributed by atoms with Crippen molar-refractivity contribution in [2.45, 2.75) is 32.6 Å². The van der Waals surface area contributed by atoms with E-state index in [0.29, 0.717) is 12.8 Å². The van der Waals surface area contributed by atoms with Crippen LogP contribution in [0.5, 0.6) is 0 Å². The Hall–Kier alpha value is -2.48. The van der Waals surface area contributed by atoms with Crippen LogP contribution in [0, 0.1) is 0 Å². The number of carbonyl (C=O) groups excluding carboxylic acids is 4. The average molecular weight is 441 g/mol. The van der Waals surface area contributed by atoms with Crippen LogP contribution in [-0.4, -0.2) is 37.1 Å². The van der Waals surface area contributed by atoms with E-state index in [2.05, 4.69) is 20.7 Å². The van der Waals surface area contributed by atoms with E-state index in [4.69, 9.17) is 9.47 Å². The second-order valence-corrected chi connectivity index (χ2v) is 6.18. The molecular formula is C19H21BrO7. The van der Waals surface area contributed by atoms with Gasteiger partial charge in [0.15, 0.2) is 0 Å². The van der Waals surface area contributed by atoms with Crippen molar-refractivity contribution in [1.29, 1.82) is 0 Å².